The van der Waals surface area contributed by atoms with Gasteiger partial charge in [0.05, 0.1) is 5.56 Å². The average molecular weight is 349 g/mol. The first-order valence-corrected chi connectivity index (χ1v) is 6.04. The Labute approximate surface area is 120 Å². The standard InChI is InChI=1S/C11H8BrF3N4O/c12-8-9(19-16)17-5-18-10(8)20-7-4-2-1-3-6(7)11(13,14)15/h1-5H,16H2,(H,17,18,19). The molecule has 0 radical (unpaired) electrons. The third-order valence-corrected chi connectivity index (χ3v) is 3.01. The first-order valence-electron chi connectivity index (χ1n) is 5.24. The third kappa shape index (κ3) is 2.99. The molecule has 0 aliphatic carbocycles. The van der Waals surface area contributed by atoms with Gasteiger partial charge in [0.1, 0.15) is 16.5 Å². The molecule has 0 saturated carbocycles. The summed E-state index contributed by atoms with van der Waals surface area (Å²) in [6.45, 7) is 0. The van der Waals surface area contributed by atoms with Crippen LogP contribution in [0.1, 0.15) is 5.56 Å². The first-order chi connectivity index (χ1) is 9.43. The maximum atomic E-state index is 12.8. The molecule has 0 unspecified atom stereocenters. The van der Waals surface area contributed by atoms with Crippen LogP contribution >= 0.6 is 15.9 Å². The summed E-state index contributed by atoms with van der Waals surface area (Å²) in [5.74, 6) is 4.96. The molecule has 1 heterocycles. The number of rotatable bonds is 3. The zero-order chi connectivity index (χ0) is 14.8. The van der Waals surface area contributed by atoms with Gasteiger partial charge in [0.25, 0.3) is 0 Å². The molecule has 5 nitrogen and oxygen atoms in total. The molecule has 0 spiro atoms. The van der Waals surface area contributed by atoms with E-state index in [-0.39, 0.29) is 21.9 Å². The molecule has 2 rings (SSSR count). The Morgan fingerprint density at radius 3 is 2.55 bits per heavy atom. The predicted octanol–water partition coefficient (Wildman–Crippen LogP) is 3.34. The van der Waals surface area contributed by atoms with Crippen molar-refractivity contribution in [1.82, 2.24) is 9.97 Å². The Morgan fingerprint density at radius 1 is 1.20 bits per heavy atom. The van der Waals surface area contributed by atoms with Gasteiger partial charge >= 0.3 is 6.18 Å². The van der Waals surface area contributed by atoms with Gasteiger partial charge in [-0.1, -0.05) is 12.1 Å². The normalized spacial score (nSPS) is 11.2. The molecule has 0 bridgehead atoms. The van der Waals surface area contributed by atoms with Crippen LogP contribution in [0, 0.1) is 0 Å². The number of nitrogens with two attached hydrogens (primary N) is 1. The lowest BCUT2D eigenvalue weighted by atomic mass is 10.2. The molecule has 20 heavy (non-hydrogen) atoms. The van der Waals surface area contributed by atoms with E-state index >= 15 is 0 Å². The molecule has 0 atom stereocenters. The van der Waals surface area contributed by atoms with E-state index in [2.05, 4.69) is 31.3 Å². The fraction of sp³-hybridized carbons (Fsp3) is 0.0909. The molecular formula is C11H8BrF3N4O. The molecule has 0 aliphatic rings. The number of nitrogens with one attached hydrogen (secondary N) is 1. The van der Waals surface area contributed by atoms with Crippen molar-refractivity contribution < 1.29 is 17.9 Å². The fourth-order valence-corrected chi connectivity index (χ4v) is 1.82. The van der Waals surface area contributed by atoms with Crippen molar-refractivity contribution in [2.75, 3.05) is 5.43 Å². The lowest BCUT2D eigenvalue weighted by Gasteiger charge is -2.14. The average Bonchev–Trinajstić information content (AvgIpc) is 2.40. The maximum absolute atomic E-state index is 12.8. The number of hydrogen-bond acceptors (Lipinski definition) is 5. The van der Waals surface area contributed by atoms with E-state index in [1.807, 2.05) is 0 Å². The first kappa shape index (κ1) is 14.5. The lowest BCUT2D eigenvalue weighted by Crippen LogP contribution is -2.10. The van der Waals surface area contributed by atoms with Crippen LogP contribution in [0.15, 0.2) is 35.1 Å². The van der Waals surface area contributed by atoms with Crippen molar-refractivity contribution in [3.05, 3.63) is 40.6 Å². The minimum atomic E-state index is -4.52. The largest absolute Gasteiger partial charge is 0.437 e. The Hall–Kier alpha value is -1.87. The number of alkyl halides is 3. The Kier molecular flexibility index (Phi) is 4.09. The van der Waals surface area contributed by atoms with Gasteiger partial charge in [-0.3, -0.25) is 0 Å². The number of para-hydroxylation sites is 1. The molecule has 106 valence electrons. The second kappa shape index (κ2) is 5.63. The molecule has 0 amide bonds. The van der Waals surface area contributed by atoms with Gasteiger partial charge in [-0.15, -0.1) is 0 Å². The number of aromatic nitrogens is 2. The molecule has 0 fully saturated rings. The molecule has 9 heteroatoms. The number of benzene rings is 1. The van der Waals surface area contributed by atoms with Crippen LogP contribution < -0.4 is 16.0 Å². The number of hydrogen-bond donors (Lipinski definition) is 2. The summed E-state index contributed by atoms with van der Waals surface area (Å²) in [4.78, 5) is 7.54. The zero-order valence-corrected chi connectivity index (χ0v) is 11.4. The number of halogens is 4. The van der Waals surface area contributed by atoms with Crippen LogP contribution in [-0.4, -0.2) is 9.97 Å². The van der Waals surface area contributed by atoms with Crippen LogP contribution in [0.25, 0.3) is 0 Å². The van der Waals surface area contributed by atoms with Gasteiger partial charge in [-0.25, -0.2) is 15.8 Å². The third-order valence-electron chi connectivity index (χ3n) is 2.29. The van der Waals surface area contributed by atoms with Crippen LogP contribution in [0.4, 0.5) is 19.0 Å². The number of ether oxygens (including phenoxy) is 1. The molecule has 1 aromatic carbocycles. The van der Waals surface area contributed by atoms with Gasteiger partial charge in [0, 0.05) is 0 Å². The summed E-state index contributed by atoms with van der Waals surface area (Å²) in [7, 11) is 0. The van der Waals surface area contributed by atoms with E-state index < -0.39 is 11.7 Å². The highest BCUT2D eigenvalue weighted by molar-refractivity contribution is 9.10. The van der Waals surface area contributed by atoms with Gasteiger partial charge in [0.15, 0.2) is 5.82 Å². The highest BCUT2D eigenvalue weighted by atomic mass is 79.9. The summed E-state index contributed by atoms with van der Waals surface area (Å²) in [5.41, 5.74) is 1.37. The van der Waals surface area contributed by atoms with E-state index in [1.54, 1.807) is 0 Å². The van der Waals surface area contributed by atoms with Crippen molar-refractivity contribution in [3.8, 4) is 11.6 Å². The molecule has 3 N–H and O–H groups in total. The van der Waals surface area contributed by atoms with Crippen molar-refractivity contribution in [2.24, 2.45) is 5.84 Å². The van der Waals surface area contributed by atoms with E-state index in [9.17, 15) is 13.2 Å². The zero-order valence-electron chi connectivity index (χ0n) is 9.78. The summed E-state index contributed by atoms with van der Waals surface area (Å²) in [6, 6.07) is 4.83. The van der Waals surface area contributed by atoms with Crippen molar-refractivity contribution in [1.29, 1.82) is 0 Å². The molecule has 0 saturated heterocycles. The molecule has 2 aromatic rings. The molecule has 1 aromatic heterocycles. The smallest absolute Gasteiger partial charge is 0.419 e. The van der Waals surface area contributed by atoms with Gasteiger partial charge in [-0.2, -0.15) is 13.2 Å². The molecule has 0 aliphatic heterocycles. The predicted molar refractivity (Wildman–Crippen MR) is 69.1 cm³/mol. The Bertz CT molecular complexity index is 621. The minimum Gasteiger partial charge on any atom is -0.437 e. The number of anilines is 1. The monoisotopic (exact) mass is 348 g/mol. The summed E-state index contributed by atoms with van der Waals surface area (Å²) >= 11 is 3.10. The van der Waals surface area contributed by atoms with Gasteiger partial charge in [0.2, 0.25) is 5.88 Å². The highest BCUT2D eigenvalue weighted by Crippen LogP contribution is 2.39. The van der Waals surface area contributed by atoms with Gasteiger partial charge in [-0.05, 0) is 28.1 Å². The van der Waals surface area contributed by atoms with E-state index in [0.29, 0.717) is 0 Å². The number of nitrogens with zero attached hydrogens (tertiary/aromatic N) is 2. The summed E-state index contributed by atoms with van der Waals surface area (Å²) < 4.78 is 43.9. The lowest BCUT2D eigenvalue weighted by molar-refractivity contribution is -0.138. The SMILES string of the molecule is NNc1ncnc(Oc2ccccc2C(F)(F)F)c1Br. The summed E-state index contributed by atoms with van der Waals surface area (Å²) in [6.07, 6.45) is -3.41. The second-order valence-corrected chi connectivity index (χ2v) is 4.37. The quantitative estimate of drug-likeness (QED) is 0.657. The van der Waals surface area contributed by atoms with Crippen molar-refractivity contribution in [2.45, 2.75) is 6.18 Å². The van der Waals surface area contributed by atoms with E-state index in [0.717, 1.165) is 12.4 Å². The highest BCUT2D eigenvalue weighted by Gasteiger charge is 2.34. The summed E-state index contributed by atoms with van der Waals surface area (Å²) in [5, 5.41) is 0. The topological polar surface area (TPSA) is 73.1 Å². The Morgan fingerprint density at radius 2 is 1.90 bits per heavy atom. The molecular weight excluding hydrogens is 341 g/mol. The van der Waals surface area contributed by atoms with Crippen LogP contribution in [0.3, 0.4) is 0 Å². The van der Waals surface area contributed by atoms with E-state index in [4.69, 9.17) is 10.6 Å². The maximum Gasteiger partial charge on any atom is 0.419 e. The van der Waals surface area contributed by atoms with Crippen molar-refractivity contribution >= 4 is 21.7 Å². The van der Waals surface area contributed by atoms with Gasteiger partial charge < -0.3 is 10.2 Å². The van der Waals surface area contributed by atoms with Crippen LogP contribution in [-0.2, 0) is 6.18 Å². The van der Waals surface area contributed by atoms with Crippen LogP contribution in [0.5, 0.6) is 11.6 Å². The van der Waals surface area contributed by atoms with Crippen molar-refractivity contribution in [3.63, 3.8) is 0 Å². The number of nitrogen functional groups attached to an aromatic ring is 1. The van der Waals surface area contributed by atoms with E-state index in [1.165, 1.54) is 18.2 Å². The number of hydrazine groups is 1. The minimum absolute atomic E-state index is 0.0790. The second-order valence-electron chi connectivity index (χ2n) is 3.58. The Balaban J connectivity index is 2.41. The fourth-order valence-electron chi connectivity index (χ4n) is 1.42. The van der Waals surface area contributed by atoms with Crippen LogP contribution in [0.2, 0.25) is 0 Å².